The highest BCUT2D eigenvalue weighted by Crippen LogP contribution is 2.36. The van der Waals surface area contributed by atoms with Gasteiger partial charge in [0.2, 0.25) is 0 Å². The highest BCUT2D eigenvalue weighted by molar-refractivity contribution is 7.17. The number of halogens is 1. The molecule has 0 atom stereocenters. The Morgan fingerprint density at radius 1 is 1.10 bits per heavy atom. The minimum absolute atomic E-state index is 0.367. The number of nitrogen functional groups attached to an aromatic ring is 1. The van der Waals surface area contributed by atoms with E-state index in [1.54, 1.807) is 35.7 Å². The molecule has 0 fully saturated rings. The summed E-state index contributed by atoms with van der Waals surface area (Å²) >= 11 is 7.71. The van der Waals surface area contributed by atoms with Crippen molar-refractivity contribution in [1.29, 1.82) is 0 Å². The van der Waals surface area contributed by atoms with E-state index in [4.69, 9.17) is 22.1 Å². The van der Waals surface area contributed by atoms with Crippen molar-refractivity contribution in [3.8, 4) is 16.9 Å². The van der Waals surface area contributed by atoms with Gasteiger partial charge in [-0.3, -0.25) is 0 Å². The fourth-order valence-electron chi connectivity index (χ4n) is 2.99. The molecule has 4 rings (SSSR count). The molecule has 0 saturated heterocycles. The summed E-state index contributed by atoms with van der Waals surface area (Å²) in [6.07, 6.45) is 1.71. The van der Waals surface area contributed by atoms with Gasteiger partial charge < -0.3 is 21.1 Å². The summed E-state index contributed by atoms with van der Waals surface area (Å²) in [5.74, 6) is 1.06. The third kappa shape index (κ3) is 3.96. The highest BCUT2D eigenvalue weighted by Gasteiger charge is 2.11. The minimum atomic E-state index is -0.367. The molecule has 6 nitrogen and oxygen atoms in total. The number of carbonyl (C=O) groups excluding carboxylic acids is 1. The molecule has 8 heteroatoms. The Morgan fingerprint density at radius 2 is 1.83 bits per heavy atom. The number of thiophene rings is 1. The predicted molar refractivity (Wildman–Crippen MR) is 120 cm³/mol. The van der Waals surface area contributed by atoms with Crippen LogP contribution in [0.1, 0.15) is 0 Å². The summed E-state index contributed by atoms with van der Waals surface area (Å²) in [7, 11) is 1.54. The number of methoxy groups -OCH3 is 1. The molecule has 29 heavy (non-hydrogen) atoms. The van der Waals surface area contributed by atoms with Gasteiger partial charge in [-0.25, -0.2) is 9.78 Å². The predicted octanol–water partition coefficient (Wildman–Crippen LogP) is 5.85. The number of nitrogens with two attached hydrogens (primary N) is 1. The number of hydrogen-bond acceptors (Lipinski definition) is 5. The van der Waals surface area contributed by atoms with E-state index in [-0.39, 0.29) is 6.03 Å². The van der Waals surface area contributed by atoms with Crippen LogP contribution in [0, 0.1) is 0 Å². The molecule has 0 spiro atoms. The lowest BCUT2D eigenvalue weighted by atomic mass is 10.1. The molecule has 146 valence electrons. The number of hydrogen-bond donors (Lipinski definition) is 3. The third-order valence-electron chi connectivity index (χ3n) is 4.38. The third-order valence-corrected chi connectivity index (χ3v) is 5.62. The second kappa shape index (κ2) is 7.98. The molecular formula is C21H17ClN4O2S. The molecule has 2 aromatic heterocycles. The molecular weight excluding hydrogens is 408 g/mol. The van der Waals surface area contributed by atoms with E-state index in [0.29, 0.717) is 28.0 Å². The van der Waals surface area contributed by atoms with Crippen LogP contribution >= 0.6 is 22.9 Å². The molecule has 0 saturated carbocycles. The molecule has 4 N–H and O–H groups in total. The lowest BCUT2D eigenvalue weighted by molar-refractivity contribution is 0.262. The van der Waals surface area contributed by atoms with Crippen molar-refractivity contribution >= 4 is 56.2 Å². The normalized spacial score (nSPS) is 10.7. The first-order valence-corrected chi connectivity index (χ1v) is 9.94. The number of carbonyl (C=O) groups is 1. The molecule has 2 aromatic carbocycles. The topological polar surface area (TPSA) is 89.3 Å². The van der Waals surface area contributed by atoms with Crippen LogP contribution in [0.4, 0.5) is 22.0 Å². The first-order valence-electron chi connectivity index (χ1n) is 8.69. The van der Waals surface area contributed by atoms with E-state index in [0.717, 1.165) is 21.2 Å². The number of urea groups is 1. The van der Waals surface area contributed by atoms with Gasteiger partial charge in [-0.2, -0.15) is 0 Å². The van der Waals surface area contributed by atoms with E-state index in [2.05, 4.69) is 21.0 Å². The van der Waals surface area contributed by atoms with Crippen LogP contribution in [0.3, 0.4) is 0 Å². The van der Waals surface area contributed by atoms with Gasteiger partial charge in [0.05, 0.1) is 12.1 Å². The number of pyridine rings is 1. The first kappa shape index (κ1) is 19.0. The summed E-state index contributed by atoms with van der Waals surface area (Å²) < 4.78 is 6.20. The molecule has 0 bridgehead atoms. The number of nitrogens with one attached hydrogen (secondary N) is 2. The van der Waals surface area contributed by atoms with Gasteiger partial charge in [0.25, 0.3) is 0 Å². The smallest absolute Gasteiger partial charge is 0.323 e. The van der Waals surface area contributed by atoms with Crippen molar-refractivity contribution in [3.63, 3.8) is 0 Å². The first-order chi connectivity index (χ1) is 14.0. The standard InChI is InChI=1S/C21H17ClN4O2S/c1-28-17-7-6-14(10-16(17)22)26-21(27)25-13-4-2-12(3-5-13)15-11-29-18-8-9-24-20(23)19(15)18/h2-11H,1H3,(H2,23,24)(H2,25,26,27). The summed E-state index contributed by atoms with van der Waals surface area (Å²) in [5.41, 5.74) is 9.31. The van der Waals surface area contributed by atoms with Crippen LogP contribution in [0.15, 0.2) is 60.1 Å². The Labute approximate surface area is 176 Å². The molecule has 0 unspecified atom stereocenters. The van der Waals surface area contributed by atoms with E-state index in [9.17, 15) is 4.79 Å². The van der Waals surface area contributed by atoms with Crippen molar-refractivity contribution in [2.75, 3.05) is 23.5 Å². The Hall–Kier alpha value is -3.29. The number of anilines is 3. The zero-order valence-corrected chi connectivity index (χ0v) is 17.0. The van der Waals surface area contributed by atoms with Crippen LogP contribution in [0.5, 0.6) is 5.75 Å². The van der Waals surface area contributed by atoms with Crippen LogP contribution < -0.4 is 21.1 Å². The number of nitrogens with zero attached hydrogens (tertiary/aromatic N) is 1. The second-order valence-corrected chi connectivity index (χ2v) is 7.54. The van der Waals surface area contributed by atoms with Crippen LogP contribution in [0.25, 0.3) is 21.2 Å². The average Bonchev–Trinajstić information content (AvgIpc) is 3.14. The van der Waals surface area contributed by atoms with Crippen molar-refractivity contribution in [3.05, 3.63) is 65.1 Å². The summed E-state index contributed by atoms with van der Waals surface area (Å²) in [6.45, 7) is 0. The molecule has 0 radical (unpaired) electrons. The Morgan fingerprint density at radius 3 is 2.55 bits per heavy atom. The lowest BCUT2D eigenvalue weighted by Crippen LogP contribution is -2.19. The SMILES string of the molecule is COc1ccc(NC(=O)Nc2ccc(-c3csc4ccnc(N)c34)cc2)cc1Cl. The Balaban J connectivity index is 1.48. The fraction of sp³-hybridized carbons (Fsp3) is 0.0476. The number of ether oxygens (including phenoxy) is 1. The van der Waals surface area contributed by atoms with Gasteiger partial charge >= 0.3 is 6.03 Å². The van der Waals surface area contributed by atoms with Crippen LogP contribution in [-0.2, 0) is 0 Å². The Bertz CT molecular complexity index is 1190. The van der Waals surface area contributed by atoms with Gasteiger partial charge in [-0.05, 0) is 47.3 Å². The van der Waals surface area contributed by atoms with E-state index in [1.165, 1.54) is 7.11 Å². The summed E-state index contributed by atoms with van der Waals surface area (Å²) in [5, 5.41) is 8.98. The zero-order chi connectivity index (χ0) is 20.4. The van der Waals surface area contributed by atoms with Crippen molar-refractivity contribution in [1.82, 2.24) is 4.98 Å². The van der Waals surface area contributed by atoms with Gasteiger partial charge in [0.15, 0.2) is 0 Å². The number of benzene rings is 2. The van der Waals surface area contributed by atoms with E-state index in [1.807, 2.05) is 30.3 Å². The van der Waals surface area contributed by atoms with E-state index >= 15 is 0 Å². The largest absolute Gasteiger partial charge is 0.495 e. The van der Waals surface area contributed by atoms with E-state index < -0.39 is 0 Å². The maximum Gasteiger partial charge on any atom is 0.323 e. The fourth-order valence-corrected chi connectivity index (χ4v) is 4.22. The number of amides is 2. The summed E-state index contributed by atoms with van der Waals surface area (Å²) in [4.78, 5) is 16.4. The minimum Gasteiger partial charge on any atom is -0.495 e. The molecule has 2 amide bonds. The number of fused-ring (bicyclic) bond motifs is 1. The second-order valence-electron chi connectivity index (χ2n) is 6.22. The monoisotopic (exact) mass is 424 g/mol. The molecule has 4 aromatic rings. The molecule has 0 aliphatic rings. The lowest BCUT2D eigenvalue weighted by Gasteiger charge is -2.10. The van der Waals surface area contributed by atoms with Crippen LogP contribution in [0.2, 0.25) is 5.02 Å². The molecule has 0 aliphatic heterocycles. The number of rotatable bonds is 4. The van der Waals surface area contributed by atoms with Crippen molar-refractivity contribution < 1.29 is 9.53 Å². The Kier molecular flexibility index (Phi) is 5.24. The highest BCUT2D eigenvalue weighted by atomic mass is 35.5. The maximum atomic E-state index is 12.3. The number of aromatic nitrogens is 1. The van der Waals surface area contributed by atoms with Crippen molar-refractivity contribution in [2.45, 2.75) is 0 Å². The van der Waals surface area contributed by atoms with Crippen molar-refractivity contribution in [2.24, 2.45) is 0 Å². The van der Waals surface area contributed by atoms with Gasteiger partial charge in [-0.1, -0.05) is 23.7 Å². The average molecular weight is 425 g/mol. The quantitative estimate of drug-likeness (QED) is 0.383. The van der Waals surface area contributed by atoms with Gasteiger partial charge in [0, 0.05) is 33.2 Å². The molecule has 0 aliphatic carbocycles. The zero-order valence-electron chi connectivity index (χ0n) is 15.4. The maximum absolute atomic E-state index is 12.3. The summed E-state index contributed by atoms with van der Waals surface area (Å²) in [6, 6.07) is 14.2. The molecule has 2 heterocycles. The van der Waals surface area contributed by atoms with Crippen LogP contribution in [-0.4, -0.2) is 18.1 Å². The van der Waals surface area contributed by atoms with Gasteiger partial charge in [0.1, 0.15) is 11.6 Å². The van der Waals surface area contributed by atoms with Gasteiger partial charge in [-0.15, -0.1) is 11.3 Å².